The molecule has 2 amide bonds. The molecule has 1 aromatic heterocycles. The van der Waals surface area contributed by atoms with Gasteiger partial charge in [0.25, 0.3) is 0 Å². The SMILES string of the molecule is CCCC(=O)Oc1c(Br)cc(C#N)cc1Br.CCNc1nc(Cl)nc(NCC)n1.CN(C)C(=O)Nc1ccc(Cl)c(Cl)c1. The minimum atomic E-state index is -0.284. The lowest BCUT2D eigenvalue weighted by molar-refractivity contribution is -0.134. The Balaban J connectivity index is 0.000000324. The highest BCUT2D eigenvalue weighted by atomic mass is 79.9. The molecule has 0 unspecified atom stereocenters. The monoisotopic (exact) mass is 778 g/mol. The average molecular weight is 782 g/mol. The van der Waals surface area contributed by atoms with E-state index < -0.39 is 0 Å². The van der Waals surface area contributed by atoms with Crippen molar-refractivity contribution in [3.05, 3.63) is 60.2 Å². The number of nitrogens with zero attached hydrogens (tertiary/aromatic N) is 5. The lowest BCUT2D eigenvalue weighted by atomic mass is 10.2. The second kappa shape index (κ2) is 20.1. The van der Waals surface area contributed by atoms with Crippen LogP contribution in [0.25, 0.3) is 0 Å². The van der Waals surface area contributed by atoms with Gasteiger partial charge in [0.1, 0.15) is 0 Å². The van der Waals surface area contributed by atoms with Crippen LogP contribution in [0, 0.1) is 11.3 Å². The molecule has 11 nitrogen and oxygen atoms in total. The summed E-state index contributed by atoms with van der Waals surface area (Å²) in [4.78, 5) is 35.9. The Hall–Kier alpha value is -2.89. The Bertz CT molecular complexity index is 1380. The van der Waals surface area contributed by atoms with Gasteiger partial charge in [0, 0.05) is 39.3 Å². The van der Waals surface area contributed by atoms with Crippen LogP contribution < -0.4 is 20.7 Å². The number of esters is 1. The van der Waals surface area contributed by atoms with E-state index in [2.05, 4.69) is 62.8 Å². The number of nitriles is 1. The maximum absolute atomic E-state index is 11.3. The first kappa shape index (κ1) is 38.1. The molecule has 0 atom stereocenters. The first-order valence-corrected chi connectivity index (χ1v) is 15.5. The molecule has 0 bridgehead atoms. The number of rotatable bonds is 8. The number of anilines is 3. The zero-order valence-electron chi connectivity index (χ0n) is 24.1. The molecule has 3 rings (SSSR count). The highest BCUT2D eigenvalue weighted by molar-refractivity contribution is 9.11. The van der Waals surface area contributed by atoms with E-state index in [-0.39, 0.29) is 17.3 Å². The molecule has 0 aliphatic carbocycles. The molecule has 0 saturated carbocycles. The topological polar surface area (TPSA) is 145 Å². The molecular weight excluding hydrogens is 751 g/mol. The summed E-state index contributed by atoms with van der Waals surface area (Å²) in [6, 6.07) is 9.96. The number of hydrogen-bond acceptors (Lipinski definition) is 9. The van der Waals surface area contributed by atoms with Gasteiger partial charge < -0.3 is 25.6 Å². The van der Waals surface area contributed by atoms with Crippen LogP contribution in [0.3, 0.4) is 0 Å². The zero-order chi connectivity index (χ0) is 32.5. The maximum Gasteiger partial charge on any atom is 0.321 e. The number of hydrogen-bond donors (Lipinski definition) is 3. The van der Waals surface area contributed by atoms with E-state index in [1.807, 2.05) is 26.8 Å². The Morgan fingerprint density at radius 2 is 1.49 bits per heavy atom. The quantitative estimate of drug-likeness (QED) is 0.152. The summed E-state index contributed by atoms with van der Waals surface area (Å²) in [5.41, 5.74) is 1.12. The zero-order valence-corrected chi connectivity index (χ0v) is 29.5. The van der Waals surface area contributed by atoms with Crippen LogP contribution in [0.2, 0.25) is 15.3 Å². The summed E-state index contributed by atoms with van der Waals surface area (Å²) in [6.07, 6.45) is 1.11. The third-order valence-corrected chi connectivity index (χ3v) is 6.74. The fourth-order valence-electron chi connectivity index (χ4n) is 2.72. The molecule has 3 N–H and O–H groups in total. The molecule has 0 aliphatic heterocycles. The molecule has 0 spiro atoms. The standard InChI is InChI=1S/C11H9Br2NO2.C9H10Cl2N2O.C7H12ClN5/c1-2-3-10(15)16-11-8(12)4-7(6-14)5-9(11)13;1-13(2)9(14)12-6-3-4-7(10)8(11)5-6;1-3-9-6-11-5(8)12-7(13-6)10-4-2/h4-5H,2-3H2,1H3;3-5H,1-2H3,(H,12,14);3-4H2,1-2H3,(H2,9,10,11,12,13). The van der Waals surface area contributed by atoms with E-state index in [1.165, 1.54) is 4.90 Å². The normalized spacial score (nSPS) is 9.70. The van der Waals surface area contributed by atoms with Crippen LogP contribution in [0.15, 0.2) is 39.3 Å². The molecule has 3 aromatic rings. The van der Waals surface area contributed by atoms with Crippen molar-refractivity contribution in [2.45, 2.75) is 33.6 Å². The van der Waals surface area contributed by atoms with Gasteiger partial charge in [-0.2, -0.15) is 20.2 Å². The van der Waals surface area contributed by atoms with Crippen LogP contribution >= 0.6 is 66.7 Å². The number of urea groups is 1. The Morgan fingerprint density at radius 1 is 0.930 bits per heavy atom. The summed E-state index contributed by atoms with van der Waals surface area (Å²) >= 11 is 23.7. The Kier molecular flexibility index (Phi) is 17.9. The maximum atomic E-state index is 11.3. The number of benzene rings is 2. The van der Waals surface area contributed by atoms with E-state index in [9.17, 15) is 9.59 Å². The molecular formula is C27H31Br2Cl3N8O3. The molecule has 1 heterocycles. The van der Waals surface area contributed by atoms with Crippen molar-refractivity contribution in [1.82, 2.24) is 19.9 Å². The summed E-state index contributed by atoms with van der Waals surface area (Å²) < 4.78 is 6.35. The smallest absolute Gasteiger partial charge is 0.321 e. The number of aromatic nitrogens is 3. The number of carbonyl (C=O) groups excluding carboxylic acids is 2. The van der Waals surface area contributed by atoms with E-state index in [0.717, 1.165) is 19.5 Å². The largest absolute Gasteiger partial charge is 0.424 e. The number of halogens is 5. The van der Waals surface area contributed by atoms with Crippen LogP contribution in [-0.2, 0) is 4.79 Å². The molecule has 2 aromatic carbocycles. The van der Waals surface area contributed by atoms with Crippen molar-refractivity contribution >= 4 is 96.2 Å². The predicted octanol–water partition coefficient (Wildman–Crippen LogP) is 8.26. The van der Waals surface area contributed by atoms with E-state index in [0.29, 0.717) is 54.3 Å². The Morgan fingerprint density at radius 3 is 1.93 bits per heavy atom. The van der Waals surface area contributed by atoms with Gasteiger partial charge in [-0.25, -0.2) is 4.79 Å². The molecule has 232 valence electrons. The van der Waals surface area contributed by atoms with Gasteiger partial charge in [-0.3, -0.25) is 4.79 Å². The van der Waals surface area contributed by atoms with E-state index >= 15 is 0 Å². The van der Waals surface area contributed by atoms with Crippen LogP contribution in [0.5, 0.6) is 5.75 Å². The number of amides is 2. The number of carbonyl (C=O) groups is 2. The number of nitrogens with one attached hydrogen (secondary N) is 3. The van der Waals surface area contributed by atoms with Gasteiger partial charge in [-0.1, -0.05) is 30.1 Å². The van der Waals surface area contributed by atoms with Crippen LogP contribution in [0.1, 0.15) is 39.2 Å². The molecule has 0 aliphatic rings. The van der Waals surface area contributed by atoms with Gasteiger partial charge in [-0.05, 0) is 94.1 Å². The first-order valence-electron chi connectivity index (χ1n) is 12.8. The van der Waals surface area contributed by atoms with E-state index in [1.54, 1.807) is 44.4 Å². The highest BCUT2D eigenvalue weighted by Crippen LogP contribution is 2.35. The van der Waals surface area contributed by atoms with Gasteiger partial charge >= 0.3 is 12.0 Å². The van der Waals surface area contributed by atoms with Crippen molar-refractivity contribution in [2.75, 3.05) is 43.1 Å². The second-order valence-corrected chi connectivity index (χ2v) is 11.2. The van der Waals surface area contributed by atoms with Crippen molar-refractivity contribution in [3.63, 3.8) is 0 Å². The fraction of sp³-hybridized carbons (Fsp3) is 0.333. The third-order valence-electron chi connectivity index (χ3n) is 4.65. The van der Waals surface area contributed by atoms with Gasteiger partial charge in [0.05, 0.1) is 30.6 Å². The van der Waals surface area contributed by atoms with Crippen molar-refractivity contribution in [1.29, 1.82) is 5.26 Å². The average Bonchev–Trinajstić information content (AvgIpc) is 2.93. The predicted molar refractivity (Wildman–Crippen MR) is 179 cm³/mol. The number of ether oxygens (including phenoxy) is 1. The summed E-state index contributed by atoms with van der Waals surface area (Å²) in [5.74, 6) is 1.13. The molecule has 16 heteroatoms. The summed E-state index contributed by atoms with van der Waals surface area (Å²) in [7, 11) is 3.32. The molecule has 0 saturated heterocycles. The van der Waals surface area contributed by atoms with Crippen LogP contribution in [0.4, 0.5) is 22.4 Å². The first-order chi connectivity index (χ1) is 20.3. The van der Waals surface area contributed by atoms with Crippen molar-refractivity contribution in [2.24, 2.45) is 0 Å². The van der Waals surface area contributed by atoms with Crippen LogP contribution in [-0.4, -0.2) is 59.0 Å². The van der Waals surface area contributed by atoms with Crippen molar-refractivity contribution < 1.29 is 14.3 Å². The highest BCUT2D eigenvalue weighted by Gasteiger charge is 2.13. The van der Waals surface area contributed by atoms with Gasteiger partial charge in [-0.15, -0.1) is 0 Å². The Labute approximate surface area is 282 Å². The second-order valence-electron chi connectivity index (χ2n) is 8.37. The summed E-state index contributed by atoms with van der Waals surface area (Å²) in [5, 5.41) is 18.4. The summed E-state index contributed by atoms with van der Waals surface area (Å²) in [6.45, 7) is 7.34. The van der Waals surface area contributed by atoms with Gasteiger partial charge in [0.15, 0.2) is 5.75 Å². The third kappa shape index (κ3) is 14.4. The lowest BCUT2D eigenvalue weighted by Crippen LogP contribution is -2.27. The van der Waals surface area contributed by atoms with Crippen molar-refractivity contribution in [3.8, 4) is 11.8 Å². The minimum Gasteiger partial charge on any atom is -0.424 e. The lowest BCUT2D eigenvalue weighted by Gasteiger charge is -2.12. The molecule has 43 heavy (non-hydrogen) atoms. The van der Waals surface area contributed by atoms with Gasteiger partial charge in [0.2, 0.25) is 17.2 Å². The minimum absolute atomic E-state index is 0.196. The fourth-order valence-corrected chi connectivity index (χ4v) is 4.53. The molecule has 0 radical (unpaired) electrons. The molecule has 0 fully saturated rings. The van der Waals surface area contributed by atoms with E-state index in [4.69, 9.17) is 44.8 Å².